The fourth-order valence-corrected chi connectivity index (χ4v) is 3.81. The van der Waals surface area contributed by atoms with E-state index in [1.807, 2.05) is 24.3 Å². The molecule has 0 bridgehead atoms. The molecule has 2 heteroatoms. The average molecular weight is 419 g/mol. The lowest BCUT2D eigenvalue weighted by atomic mass is 9.98. The van der Waals surface area contributed by atoms with Gasteiger partial charge in [0.25, 0.3) is 0 Å². The largest absolute Gasteiger partial charge is 0.494 e. The highest BCUT2D eigenvalue weighted by molar-refractivity contribution is 5.70. The molecule has 0 spiro atoms. The van der Waals surface area contributed by atoms with Crippen molar-refractivity contribution in [3.8, 4) is 28.0 Å². The highest BCUT2D eigenvalue weighted by Gasteiger charge is 2.06. The van der Waals surface area contributed by atoms with Gasteiger partial charge in [0.2, 0.25) is 0 Å². The summed E-state index contributed by atoms with van der Waals surface area (Å²) in [6.45, 7) is 5.17. The Morgan fingerprint density at radius 1 is 0.613 bits per heavy atom. The van der Waals surface area contributed by atoms with E-state index < -0.39 is 0 Å². The highest BCUT2D eigenvalue weighted by Crippen LogP contribution is 2.27. The van der Waals surface area contributed by atoms with Crippen LogP contribution in [0.25, 0.3) is 22.3 Å². The monoisotopic (exact) mass is 418 g/mol. The van der Waals surface area contributed by atoms with E-state index in [4.69, 9.17) is 4.74 Å². The fourth-order valence-electron chi connectivity index (χ4n) is 3.81. The van der Waals surface area contributed by atoms with Gasteiger partial charge in [0, 0.05) is 0 Å². The first-order valence-corrected chi connectivity index (χ1v) is 11.8. The Balaban J connectivity index is 1.60. The van der Waals surface area contributed by atoms with Crippen molar-refractivity contribution in [2.75, 3.05) is 6.61 Å². The molecule has 3 aromatic rings. The minimum atomic E-state index is -0.0945. The number of aryl methyl sites for hydroxylation is 1. The van der Waals surface area contributed by atoms with Gasteiger partial charge in [-0.1, -0.05) is 94.5 Å². The maximum Gasteiger partial charge on any atom is 0.127 e. The molecule has 0 unspecified atom stereocenters. The number of ether oxygens (including phenoxy) is 1. The second-order valence-corrected chi connectivity index (χ2v) is 8.27. The molecule has 31 heavy (non-hydrogen) atoms. The molecule has 0 atom stereocenters. The summed E-state index contributed by atoms with van der Waals surface area (Å²) in [5.74, 6) is 0.828. The van der Waals surface area contributed by atoms with Crippen LogP contribution in [0.2, 0.25) is 0 Å². The SMILES string of the molecule is CCCCCCOc1ccc(-c2ccc(-c3ccc(CCCCC)c(F)c3)cc2)cc1. The van der Waals surface area contributed by atoms with Crippen LogP contribution in [0, 0.1) is 5.82 Å². The van der Waals surface area contributed by atoms with Crippen LogP contribution in [-0.4, -0.2) is 6.61 Å². The van der Waals surface area contributed by atoms with Gasteiger partial charge in [-0.15, -0.1) is 0 Å². The molecular formula is C29H35FO. The molecule has 0 fully saturated rings. The predicted octanol–water partition coefficient (Wildman–Crippen LogP) is 8.85. The summed E-state index contributed by atoms with van der Waals surface area (Å²) in [4.78, 5) is 0. The second kappa shape index (κ2) is 12.3. The van der Waals surface area contributed by atoms with Gasteiger partial charge < -0.3 is 4.74 Å². The number of rotatable bonds is 12. The van der Waals surface area contributed by atoms with Crippen LogP contribution in [0.3, 0.4) is 0 Å². The molecule has 0 amide bonds. The van der Waals surface area contributed by atoms with Crippen molar-refractivity contribution >= 4 is 0 Å². The van der Waals surface area contributed by atoms with E-state index in [0.717, 1.165) is 72.3 Å². The van der Waals surface area contributed by atoms with Gasteiger partial charge in [-0.25, -0.2) is 4.39 Å². The molecule has 164 valence electrons. The van der Waals surface area contributed by atoms with Crippen molar-refractivity contribution in [3.63, 3.8) is 0 Å². The molecule has 0 radical (unpaired) electrons. The van der Waals surface area contributed by atoms with Crippen LogP contribution in [0.4, 0.5) is 4.39 Å². The molecule has 0 saturated heterocycles. The van der Waals surface area contributed by atoms with Crippen molar-refractivity contribution in [2.24, 2.45) is 0 Å². The second-order valence-electron chi connectivity index (χ2n) is 8.27. The number of unbranched alkanes of at least 4 members (excludes halogenated alkanes) is 5. The first kappa shape index (κ1) is 23.1. The van der Waals surface area contributed by atoms with Crippen molar-refractivity contribution in [1.29, 1.82) is 0 Å². The van der Waals surface area contributed by atoms with E-state index in [1.165, 1.54) is 19.3 Å². The Kier molecular flexibility index (Phi) is 9.15. The zero-order valence-electron chi connectivity index (χ0n) is 19.0. The van der Waals surface area contributed by atoms with Gasteiger partial charge in [0.05, 0.1) is 6.61 Å². The summed E-state index contributed by atoms with van der Waals surface area (Å²) in [6, 6.07) is 22.3. The molecule has 0 aliphatic heterocycles. The van der Waals surface area contributed by atoms with E-state index in [-0.39, 0.29) is 5.82 Å². The summed E-state index contributed by atoms with van der Waals surface area (Å²) < 4.78 is 20.3. The first-order valence-electron chi connectivity index (χ1n) is 11.8. The van der Waals surface area contributed by atoms with E-state index in [9.17, 15) is 4.39 Å². The van der Waals surface area contributed by atoms with Crippen LogP contribution < -0.4 is 4.74 Å². The zero-order valence-corrected chi connectivity index (χ0v) is 19.0. The Bertz CT molecular complexity index is 912. The molecule has 3 rings (SSSR count). The first-order chi connectivity index (χ1) is 15.2. The Morgan fingerprint density at radius 3 is 1.77 bits per heavy atom. The molecule has 0 saturated carbocycles. The summed E-state index contributed by atoms with van der Waals surface area (Å²) in [5.41, 5.74) is 5.09. The van der Waals surface area contributed by atoms with E-state index >= 15 is 0 Å². The van der Waals surface area contributed by atoms with E-state index in [0.29, 0.717) is 0 Å². The lowest BCUT2D eigenvalue weighted by molar-refractivity contribution is 0.305. The Labute approximate surface area is 187 Å². The summed E-state index contributed by atoms with van der Waals surface area (Å²) in [6.07, 6.45) is 9.02. The van der Waals surface area contributed by atoms with Gasteiger partial charge in [-0.05, 0) is 65.3 Å². The minimum Gasteiger partial charge on any atom is -0.494 e. The lowest BCUT2D eigenvalue weighted by Gasteiger charge is -2.09. The third-order valence-electron chi connectivity index (χ3n) is 5.78. The molecule has 3 aromatic carbocycles. The van der Waals surface area contributed by atoms with Crippen LogP contribution in [0.5, 0.6) is 5.75 Å². The minimum absolute atomic E-state index is 0.0945. The van der Waals surface area contributed by atoms with Crippen molar-refractivity contribution < 1.29 is 9.13 Å². The third kappa shape index (κ3) is 6.95. The highest BCUT2D eigenvalue weighted by atomic mass is 19.1. The molecule has 0 aliphatic rings. The van der Waals surface area contributed by atoms with Gasteiger partial charge in [-0.3, -0.25) is 0 Å². The summed E-state index contributed by atoms with van der Waals surface area (Å²) in [7, 11) is 0. The predicted molar refractivity (Wildman–Crippen MR) is 130 cm³/mol. The average Bonchev–Trinajstić information content (AvgIpc) is 2.81. The number of hydrogen-bond acceptors (Lipinski definition) is 1. The maximum atomic E-state index is 14.5. The summed E-state index contributed by atoms with van der Waals surface area (Å²) in [5, 5.41) is 0. The molecule has 0 heterocycles. The summed E-state index contributed by atoms with van der Waals surface area (Å²) >= 11 is 0. The standard InChI is InChI=1S/C29H35FO/c1-3-5-7-9-21-31-28-19-17-24(18-20-28)23-11-13-25(14-12-23)27-16-15-26(29(30)22-27)10-8-6-4-2/h11-20,22H,3-10,21H2,1-2H3. The van der Waals surface area contributed by atoms with Crippen molar-refractivity contribution in [2.45, 2.75) is 65.2 Å². The van der Waals surface area contributed by atoms with Gasteiger partial charge in [0.15, 0.2) is 0 Å². The van der Waals surface area contributed by atoms with Crippen molar-refractivity contribution in [1.82, 2.24) is 0 Å². The molecule has 1 nitrogen and oxygen atoms in total. The van der Waals surface area contributed by atoms with Crippen LogP contribution in [0.1, 0.15) is 64.4 Å². The zero-order chi connectivity index (χ0) is 21.9. The van der Waals surface area contributed by atoms with Crippen LogP contribution >= 0.6 is 0 Å². The van der Waals surface area contributed by atoms with Gasteiger partial charge >= 0.3 is 0 Å². The van der Waals surface area contributed by atoms with Crippen LogP contribution in [0.15, 0.2) is 66.7 Å². The quantitative estimate of drug-likeness (QED) is 0.267. The topological polar surface area (TPSA) is 9.23 Å². The maximum absolute atomic E-state index is 14.5. The Hall–Kier alpha value is -2.61. The van der Waals surface area contributed by atoms with Crippen molar-refractivity contribution in [3.05, 3.63) is 78.1 Å². The molecular weight excluding hydrogens is 383 g/mol. The van der Waals surface area contributed by atoms with E-state index in [2.05, 4.69) is 50.2 Å². The van der Waals surface area contributed by atoms with Gasteiger partial charge in [0.1, 0.15) is 11.6 Å². The number of hydrogen-bond donors (Lipinski definition) is 0. The van der Waals surface area contributed by atoms with Crippen LogP contribution in [-0.2, 0) is 6.42 Å². The molecule has 0 aliphatic carbocycles. The van der Waals surface area contributed by atoms with Gasteiger partial charge in [-0.2, -0.15) is 0 Å². The normalized spacial score (nSPS) is 10.9. The van der Waals surface area contributed by atoms with E-state index in [1.54, 1.807) is 6.07 Å². The fraction of sp³-hybridized carbons (Fsp3) is 0.379. The third-order valence-corrected chi connectivity index (χ3v) is 5.78. The molecule has 0 aromatic heterocycles. The molecule has 0 N–H and O–H groups in total. The number of benzene rings is 3. The number of halogens is 1. The smallest absolute Gasteiger partial charge is 0.127 e. The lowest BCUT2D eigenvalue weighted by Crippen LogP contribution is -1.96. The Morgan fingerprint density at radius 2 is 1.16 bits per heavy atom.